The Labute approximate surface area is 107 Å². The Morgan fingerprint density at radius 3 is 2.22 bits per heavy atom. The predicted molar refractivity (Wildman–Crippen MR) is 69.9 cm³/mol. The highest BCUT2D eigenvalue weighted by Crippen LogP contribution is 2.25. The molecule has 0 aromatic heterocycles. The van der Waals surface area contributed by atoms with Crippen molar-refractivity contribution in [1.29, 1.82) is 0 Å². The molecule has 1 aliphatic heterocycles. The number of carboxylic acid groups (broad SMARTS) is 1. The van der Waals surface area contributed by atoms with Crippen LogP contribution in [0.25, 0.3) is 0 Å². The topological polar surface area (TPSA) is 60.8 Å². The Bertz CT molecular complexity index is 408. The van der Waals surface area contributed by atoms with Crippen LogP contribution in [0, 0.1) is 0 Å². The van der Waals surface area contributed by atoms with Crippen molar-refractivity contribution in [2.24, 2.45) is 0 Å². The summed E-state index contributed by atoms with van der Waals surface area (Å²) in [5, 5.41) is 18.6. The Kier molecular flexibility index (Phi) is 3.87. The van der Waals surface area contributed by atoms with Crippen molar-refractivity contribution < 1.29 is 15.0 Å². The van der Waals surface area contributed by atoms with Gasteiger partial charge in [0.15, 0.2) is 0 Å². The third-order valence-electron chi connectivity index (χ3n) is 3.47. The predicted octanol–water partition coefficient (Wildman–Crippen LogP) is 1.84. The highest BCUT2D eigenvalue weighted by molar-refractivity contribution is 5.77. The summed E-state index contributed by atoms with van der Waals surface area (Å²) in [6.07, 6.45) is 1.54. The Morgan fingerprint density at radius 1 is 1.22 bits per heavy atom. The highest BCUT2D eigenvalue weighted by Gasteiger charge is 2.25. The lowest BCUT2D eigenvalue weighted by molar-refractivity contribution is -0.141. The van der Waals surface area contributed by atoms with E-state index in [9.17, 15) is 9.90 Å². The van der Waals surface area contributed by atoms with E-state index in [0.29, 0.717) is 5.56 Å². The van der Waals surface area contributed by atoms with Gasteiger partial charge in [0.1, 0.15) is 5.92 Å². The summed E-state index contributed by atoms with van der Waals surface area (Å²) < 4.78 is 0. The van der Waals surface area contributed by atoms with E-state index in [1.54, 1.807) is 12.1 Å². The average molecular weight is 249 g/mol. The number of aliphatic hydroxyl groups excluding tert-OH is 1. The first kappa shape index (κ1) is 12.9. The van der Waals surface area contributed by atoms with Crippen molar-refractivity contribution >= 4 is 11.7 Å². The molecule has 1 aliphatic rings. The van der Waals surface area contributed by atoms with Gasteiger partial charge in [-0.25, -0.2) is 0 Å². The second kappa shape index (κ2) is 5.40. The Balaban J connectivity index is 2.17. The van der Waals surface area contributed by atoms with Crippen LogP contribution in [0.3, 0.4) is 0 Å². The number of aliphatic hydroxyl groups is 1. The molecular formula is C14H19NO3. The standard InChI is InChI=1S/C14H19NO3/c1-10(16)13(14(17)18)11-4-6-12(7-5-11)15-8-2-3-9-15/h4-7,10,13,16H,2-3,8-9H2,1H3,(H,17,18). The quantitative estimate of drug-likeness (QED) is 0.854. The van der Waals surface area contributed by atoms with Crippen molar-refractivity contribution in [3.63, 3.8) is 0 Å². The lowest BCUT2D eigenvalue weighted by atomic mass is 9.94. The van der Waals surface area contributed by atoms with Crippen LogP contribution in [-0.4, -0.2) is 35.4 Å². The number of benzene rings is 1. The second-order valence-electron chi connectivity index (χ2n) is 4.84. The minimum absolute atomic E-state index is 0.653. The molecule has 2 atom stereocenters. The molecule has 1 heterocycles. The molecule has 0 spiro atoms. The van der Waals surface area contributed by atoms with Crippen LogP contribution in [0.1, 0.15) is 31.2 Å². The molecule has 4 heteroatoms. The molecule has 2 N–H and O–H groups in total. The minimum atomic E-state index is -0.987. The number of rotatable bonds is 4. The molecule has 0 saturated carbocycles. The SMILES string of the molecule is CC(O)C(C(=O)O)c1ccc(N2CCCC2)cc1. The van der Waals surface area contributed by atoms with Crippen LogP contribution in [0.5, 0.6) is 0 Å². The van der Waals surface area contributed by atoms with Crippen LogP contribution in [0.15, 0.2) is 24.3 Å². The number of carboxylic acids is 1. The Morgan fingerprint density at radius 2 is 1.78 bits per heavy atom. The van der Waals surface area contributed by atoms with Gasteiger partial charge in [-0.05, 0) is 37.5 Å². The van der Waals surface area contributed by atoms with Gasteiger partial charge in [-0.3, -0.25) is 4.79 Å². The maximum atomic E-state index is 11.1. The van der Waals surface area contributed by atoms with E-state index in [1.165, 1.54) is 19.8 Å². The van der Waals surface area contributed by atoms with Gasteiger partial charge in [0.2, 0.25) is 0 Å². The molecule has 0 aliphatic carbocycles. The van der Waals surface area contributed by atoms with Crippen molar-refractivity contribution in [2.45, 2.75) is 31.8 Å². The van der Waals surface area contributed by atoms with Crippen LogP contribution >= 0.6 is 0 Å². The summed E-state index contributed by atoms with van der Waals surface area (Å²) in [5.74, 6) is -1.84. The first-order valence-electron chi connectivity index (χ1n) is 6.35. The molecule has 0 bridgehead atoms. The van der Waals surface area contributed by atoms with E-state index in [2.05, 4.69) is 4.90 Å². The van der Waals surface area contributed by atoms with E-state index in [4.69, 9.17) is 5.11 Å². The summed E-state index contributed by atoms with van der Waals surface area (Å²) >= 11 is 0. The van der Waals surface area contributed by atoms with E-state index < -0.39 is 18.0 Å². The monoisotopic (exact) mass is 249 g/mol. The molecule has 98 valence electrons. The van der Waals surface area contributed by atoms with E-state index in [0.717, 1.165) is 18.8 Å². The maximum absolute atomic E-state index is 11.1. The summed E-state index contributed by atoms with van der Waals surface area (Å²) in [7, 11) is 0. The van der Waals surface area contributed by atoms with Crippen molar-refractivity contribution in [1.82, 2.24) is 0 Å². The molecule has 0 amide bonds. The lowest BCUT2D eigenvalue weighted by Gasteiger charge is -2.20. The first-order chi connectivity index (χ1) is 8.59. The first-order valence-corrected chi connectivity index (χ1v) is 6.35. The summed E-state index contributed by atoms with van der Waals surface area (Å²) in [4.78, 5) is 13.4. The highest BCUT2D eigenvalue weighted by atomic mass is 16.4. The van der Waals surface area contributed by atoms with Gasteiger partial charge in [-0.2, -0.15) is 0 Å². The molecule has 2 unspecified atom stereocenters. The fraction of sp³-hybridized carbons (Fsp3) is 0.500. The minimum Gasteiger partial charge on any atom is -0.481 e. The number of hydrogen-bond donors (Lipinski definition) is 2. The number of carbonyl (C=O) groups is 1. The van der Waals surface area contributed by atoms with Crippen molar-refractivity contribution in [3.05, 3.63) is 29.8 Å². The largest absolute Gasteiger partial charge is 0.481 e. The molecule has 18 heavy (non-hydrogen) atoms. The van der Waals surface area contributed by atoms with E-state index in [1.807, 2.05) is 12.1 Å². The van der Waals surface area contributed by atoms with Crippen molar-refractivity contribution in [3.8, 4) is 0 Å². The molecule has 1 aromatic carbocycles. The van der Waals surface area contributed by atoms with Crippen molar-refractivity contribution in [2.75, 3.05) is 18.0 Å². The molecule has 0 radical (unpaired) electrons. The lowest BCUT2D eigenvalue weighted by Crippen LogP contribution is -2.23. The zero-order valence-electron chi connectivity index (χ0n) is 10.5. The number of nitrogens with zero attached hydrogens (tertiary/aromatic N) is 1. The molecule has 1 fully saturated rings. The molecule has 2 rings (SSSR count). The van der Waals surface area contributed by atoms with Gasteiger partial charge in [0.05, 0.1) is 6.10 Å². The smallest absolute Gasteiger partial charge is 0.313 e. The van der Waals surface area contributed by atoms with Crippen LogP contribution in [0.2, 0.25) is 0 Å². The van der Waals surface area contributed by atoms with Gasteiger partial charge in [-0.1, -0.05) is 12.1 Å². The van der Waals surface area contributed by atoms with E-state index in [-0.39, 0.29) is 0 Å². The normalized spacial score (nSPS) is 18.7. The van der Waals surface area contributed by atoms with Crippen LogP contribution < -0.4 is 4.90 Å². The Hall–Kier alpha value is -1.55. The third-order valence-corrected chi connectivity index (χ3v) is 3.47. The average Bonchev–Trinajstić information content (AvgIpc) is 2.82. The summed E-state index contributed by atoms with van der Waals surface area (Å²) in [6.45, 7) is 3.64. The number of hydrogen-bond acceptors (Lipinski definition) is 3. The fourth-order valence-electron chi connectivity index (χ4n) is 2.50. The molecular weight excluding hydrogens is 230 g/mol. The number of anilines is 1. The molecule has 4 nitrogen and oxygen atoms in total. The maximum Gasteiger partial charge on any atom is 0.313 e. The van der Waals surface area contributed by atoms with Gasteiger partial charge in [0.25, 0.3) is 0 Å². The van der Waals surface area contributed by atoms with Crippen LogP contribution in [0.4, 0.5) is 5.69 Å². The summed E-state index contributed by atoms with van der Waals surface area (Å²) in [6, 6.07) is 7.50. The third kappa shape index (κ3) is 2.64. The van der Waals surface area contributed by atoms with E-state index >= 15 is 0 Å². The van der Waals surface area contributed by atoms with Crippen LogP contribution in [-0.2, 0) is 4.79 Å². The second-order valence-corrected chi connectivity index (χ2v) is 4.84. The van der Waals surface area contributed by atoms with Gasteiger partial charge >= 0.3 is 5.97 Å². The zero-order chi connectivity index (χ0) is 13.1. The van der Waals surface area contributed by atoms with Gasteiger partial charge in [-0.15, -0.1) is 0 Å². The summed E-state index contributed by atoms with van der Waals surface area (Å²) in [5.41, 5.74) is 1.78. The zero-order valence-corrected chi connectivity index (χ0v) is 10.5. The fourth-order valence-corrected chi connectivity index (χ4v) is 2.50. The molecule has 1 saturated heterocycles. The van der Waals surface area contributed by atoms with Gasteiger partial charge in [0, 0.05) is 18.8 Å². The van der Waals surface area contributed by atoms with Gasteiger partial charge < -0.3 is 15.1 Å². The molecule has 1 aromatic rings. The number of aliphatic carboxylic acids is 1.